The van der Waals surface area contributed by atoms with Gasteiger partial charge in [0, 0.05) is 45.0 Å². The predicted octanol–water partition coefficient (Wildman–Crippen LogP) is 0.128. The molecule has 6 nitrogen and oxygen atoms in total. The number of carbonyl (C=O) groups excluding carboxylic acids is 2. The van der Waals surface area contributed by atoms with E-state index in [1.54, 1.807) is 0 Å². The lowest BCUT2D eigenvalue weighted by Gasteiger charge is -2.38. The van der Waals surface area contributed by atoms with E-state index in [0.29, 0.717) is 31.9 Å². The average Bonchev–Trinajstić information content (AvgIpc) is 2.48. The smallest absolute Gasteiger partial charge is 0.238 e. The van der Waals surface area contributed by atoms with Gasteiger partial charge >= 0.3 is 0 Å². The lowest BCUT2D eigenvalue weighted by molar-refractivity contribution is -0.138. The quantitative estimate of drug-likeness (QED) is 0.828. The van der Waals surface area contributed by atoms with Crippen LogP contribution in [0.25, 0.3) is 0 Å². The normalized spacial score (nSPS) is 19.3. The molecule has 0 atom stereocenters. The van der Waals surface area contributed by atoms with Crippen molar-refractivity contribution in [1.29, 1.82) is 0 Å². The van der Waals surface area contributed by atoms with Gasteiger partial charge in [-0.1, -0.05) is 0 Å². The van der Waals surface area contributed by atoms with Crippen LogP contribution in [0.4, 0.5) is 10.1 Å². The Bertz CT molecular complexity index is 566. The summed E-state index contributed by atoms with van der Waals surface area (Å²) < 4.78 is 12.8. The van der Waals surface area contributed by atoms with E-state index in [4.69, 9.17) is 0 Å². The molecule has 2 heterocycles. The summed E-state index contributed by atoms with van der Waals surface area (Å²) in [6, 6.07) is 5.71. The van der Waals surface area contributed by atoms with E-state index in [0.717, 1.165) is 13.1 Å². The van der Waals surface area contributed by atoms with Gasteiger partial charge in [0.15, 0.2) is 0 Å². The minimum absolute atomic E-state index is 0.125. The third kappa shape index (κ3) is 4.05. The van der Waals surface area contributed by atoms with E-state index in [1.165, 1.54) is 24.3 Å². The number of halogens is 1. The van der Waals surface area contributed by atoms with Gasteiger partial charge in [0.1, 0.15) is 5.82 Å². The van der Waals surface area contributed by atoms with Crippen LogP contribution in [0.3, 0.4) is 0 Å². The standard InChI is InChI=1S/C16H21FN4O2/c17-13-1-3-14(4-2-13)19-15(22)11-20-5-7-21(8-6-20)16(23)12-9-18-10-12/h1-4,12,18H,5-11H2,(H,19,22). The molecule has 2 aliphatic heterocycles. The third-order valence-electron chi connectivity index (χ3n) is 4.31. The van der Waals surface area contributed by atoms with Crippen LogP contribution in [0, 0.1) is 11.7 Å². The van der Waals surface area contributed by atoms with E-state index in [9.17, 15) is 14.0 Å². The highest BCUT2D eigenvalue weighted by atomic mass is 19.1. The largest absolute Gasteiger partial charge is 0.340 e. The van der Waals surface area contributed by atoms with Crippen LogP contribution in [0.1, 0.15) is 0 Å². The molecule has 2 aliphatic rings. The maximum Gasteiger partial charge on any atom is 0.238 e. The lowest BCUT2D eigenvalue weighted by atomic mass is 10.0. The second-order valence-corrected chi connectivity index (χ2v) is 6.01. The molecule has 0 aromatic heterocycles. The number of rotatable bonds is 4. The van der Waals surface area contributed by atoms with E-state index in [1.807, 2.05) is 9.80 Å². The summed E-state index contributed by atoms with van der Waals surface area (Å²) >= 11 is 0. The minimum atomic E-state index is -0.328. The molecule has 1 aromatic carbocycles. The molecule has 0 unspecified atom stereocenters. The van der Waals surface area contributed by atoms with Crippen molar-refractivity contribution in [3.8, 4) is 0 Å². The molecule has 2 fully saturated rings. The van der Waals surface area contributed by atoms with Crippen LogP contribution in [-0.4, -0.2) is 67.4 Å². The highest BCUT2D eigenvalue weighted by Crippen LogP contribution is 2.12. The van der Waals surface area contributed by atoms with Crippen molar-refractivity contribution in [3.63, 3.8) is 0 Å². The Morgan fingerprint density at radius 3 is 2.35 bits per heavy atom. The summed E-state index contributed by atoms with van der Waals surface area (Å²) in [5.41, 5.74) is 0.586. The molecule has 0 saturated carbocycles. The van der Waals surface area contributed by atoms with Gasteiger partial charge < -0.3 is 15.5 Å². The highest BCUT2D eigenvalue weighted by Gasteiger charge is 2.31. The summed E-state index contributed by atoms with van der Waals surface area (Å²) in [5, 5.41) is 5.86. The van der Waals surface area contributed by atoms with Crippen molar-refractivity contribution in [1.82, 2.24) is 15.1 Å². The SMILES string of the molecule is O=C(CN1CCN(C(=O)C2CNC2)CC1)Nc1ccc(F)cc1. The zero-order valence-corrected chi connectivity index (χ0v) is 12.9. The van der Waals surface area contributed by atoms with Gasteiger partial charge in [0.25, 0.3) is 0 Å². The fraction of sp³-hybridized carbons (Fsp3) is 0.500. The summed E-state index contributed by atoms with van der Waals surface area (Å²) in [6.45, 7) is 4.56. The van der Waals surface area contributed by atoms with Crippen molar-refractivity contribution >= 4 is 17.5 Å². The lowest BCUT2D eigenvalue weighted by Crippen LogP contribution is -2.57. The first-order valence-electron chi connectivity index (χ1n) is 7.89. The zero-order valence-electron chi connectivity index (χ0n) is 12.9. The maximum atomic E-state index is 12.8. The van der Waals surface area contributed by atoms with Gasteiger partial charge in [0.05, 0.1) is 12.5 Å². The maximum absolute atomic E-state index is 12.8. The Morgan fingerprint density at radius 2 is 1.78 bits per heavy atom. The number of nitrogens with one attached hydrogen (secondary N) is 2. The van der Waals surface area contributed by atoms with Crippen LogP contribution in [0.15, 0.2) is 24.3 Å². The minimum Gasteiger partial charge on any atom is -0.340 e. The number of hydrogen-bond acceptors (Lipinski definition) is 4. The average molecular weight is 320 g/mol. The Labute approximate surface area is 134 Å². The molecule has 0 spiro atoms. The predicted molar refractivity (Wildman–Crippen MR) is 84.4 cm³/mol. The molecular weight excluding hydrogens is 299 g/mol. The van der Waals surface area contributed by atoms with Crippen molar-refractivity contribution < 1.29 is 14.0 Å². The Kier molecular flexibility index (Phi) is 4.88. The van der Waals surface area contributed by atoms with Crippen molar-refractivity contribution in [2.45, 2.75) is 0 Å². The highest BCUT2D eigenvalue weighted by molar-refractivity contribution is 5.92. The summed E-state index contributed by atoms with van der Waals surface area (Å²) in [6.07, 6.45) is 0. The molecule has 2 saturated heterocycles. The van der Waals surface area contributed by atoms with Crippen molar-refractivity contribution in [2.24, 2.45) is 5.92 Å². The molecular formula is C16H21FN4O2. The number of amides is 2. The molecule has 2 amide bonds. The van der Waals surface area contributed by atoms with Crippen molar-refractivity contribution in [2.75, 3.05) is 51.1 Å². The van der Waals surface area contributed by atoms with E-state index in [2.05, 4.69) is 10.6 Å². The number of nitrogens with zero attached hydrogens (tertiary/aromatic N) is 2. The van der Waals surface area contributed by atoms with Crippen LogP contribution in [-0.2, 0) is 9.59 Å². The topological polar surface area (TPSA) is 64.7 Å². The second kappa shape index (κ2) is 7.06. The fourth-order valence-electron chi connectivity index (χ4n) is 2.78. The number of piperazine rings is 1. The molecule has 0 aliphatic carbocycles. The van der Waals surface area contributed by atoms with Gasteiger partial charge in [-0.25, -0.2) is 4.39 Å². The third-order valence-corrected chi connectivity index (χ3v) is 4.31. The summed E-state index contributed by atoms with van der Waals surface area (Å²) in [7, 11) is 0. The molecule has 3 rings (SSSR count). The molecule has 0 radical (unpaired) electrons. The zero-order chi connectivity index (χ0) is 16.2. The molecule has 7 heteroatoms. The first kappa shape index (κ1) is 15.9. The van der Waals surface area contributed by atoms with E-state index < -0.39 is 0 Å². The summed E-state index contributed by atoms with van der Waals surface area (Å²) in [5.74, 6) is -0.104. The molecule has 23 heavy (non-hydrogen) atoms. The number of hydrogen-bond donors (Lipinski definition) is 2. The second-order valence-electron chi connectivity index (χ2n) is 6.01. The fourth-order valence-corrected chi connectivity index (χ4v) is 2.78. The van der Waals surface area contributed by atoms with Gasteiger partial charge in [-0.05, 0) is 24.3 Å². The van der Waals surface area contributed by atoms with Crippen LogP contribution in [0.5, 0.6) is 0 Å². The molecule has 1 aromatic rings. The first-order valence-corrected chi connectivity index (χ1v) is 7.89. The van der Waals surface area contributed by atoms with E-state index >= 15 is 0 Å². The first-order chi connectivity index (χ1) is 11.1. The van der Waals surface area contributed by atoms with Crippen LogP contribution < -0.4 is 10.6 Å². The summed E-state index contributed by atoms with van der Waals surface area (Å²) in [4.78, 5) is 28.1. The molecule has 2 N–H and O–H groups in total. The van der Waals surface area contributed by atoms with Gasteiger partial charge in [-0.15, -0.1) is 0 Å². The number of anilines is 1. The number of benzene rings is 1. The number of carbonyl (C=O) groups is 2. The Balaban J connectivity index is 1.42. The van der Waals surface area contributed by atoms with Crippen LogP contribution >= 0.6 is 0 Å². The van der Waals surface area contributed by atoms with Crippen LogP contribution in [0.2, 0.25) is 0 Å². The van der Waals surface area contributed by atoms with Gasteiger partial charge in [-0.3, -0.25) is 14.5 Å². The van der Waals surface area contributed by atoms with Gasteiger partial charge in [0.2, 0.25) is 11.8 Å². The van der Waals surface area contributed by atoms with Gasteiger partial charge in [-0.2, -0.15) is 0 Å². The van der Waals surface area contributed by atoms with E-state index in [-0.39, 0.29) is 30.1 Å². The van der Waals surface area contributed by atoms with Crippen molar-refractivity contribution in [3.05, 3.63) is 30.1 Å². The Hall–Kier alpha value is -1.99. The monoisotopic (exact) mass is 320 g/mol. The molecule has 0 bridgehead atoms. The Morgan fingerprint density at radius 1 is 1.13 bits per heavy atom. The molecule has 124 valence electrons.